The van der Waals surface area contributed by atoms with Crippen molar-refractivity contribution in [3.63, 3.8) is 0 Å². The smallest absolute Gasteiger partial charge is 0.224 e. The van der Waals surface area contributed by atoms with Gasteiger partial charge in [-0.05, 0) is 61.6 Å². The van der Waals surface area contributed by atoms with Crippen LogP contribution in [-0.2, 0) is 9.59 Å². The fourth-order valence-corrected chi connectivity index (χ4v) is 8.03. The Morgan fingerprint density at radius 2 is 2.00 bits per heavy atom. The highest BCUT2D eigenvalue weighted by Crippen LogP contribution is 2.68. The van der Waals surface area contributed by atoms with Gasteiger partial charge >= 0.3 is 0 Å². The van der Waals surface area contributed by atoms with Crippen molar-refractivity contribution in [1.29, 1.82) is 0 Å². The minimum atomic E-state index is -0.834. The Morgan fingerprint density at radius 1 is 1.30 bits per heavy atom. The molecule has 8 heteroatoms. The number of alkyl halides is 1. The van der Waals surface area contributed by atoms with Gasteiger partial charge in [0, 0.05) is 22.6 Å². The Labute approximate surface area is 201 Å². The summed E-state index contributed by atoms with van der Waals surface area (Å²) in [6.45, 7) is 5.89. The first kappa shape index (κ1) is 24.0. The normalized spacial score (nSPS) is 39.2. The molecule has 33 heavy (non-hydrogen) atoms. The molecule has 7 atom stereocenters. The number of carbonyl (C=O) groups is 3. The molecule has 2 bridgehead atoms. The number of allylic oxidation sites excluding steroid dienone is 2. The molecular formula is C25H30BrNO6. The molecule has 0 heterocycles. The second kappa shape index (κ2) is 7.94. The van der Waals surface area contributed by atoms with Gasteiger partial charge in [0.05, 0.1) is 11.2 Å². The summed E-state index contributed by atoms with van der Waals surface area (Å²) in [7, 11) is 0. The van der Waals surface area contributed by atoms with Gasteiger partial charge in [-0.2, -0.15) is 0 Å². The average Bonchev–Trinajstić information content (AvgIpc) is 2.99. The minimum absolute atomic E-state index is 0.00759. The first-order chi connectivity index (χ1) is 15.4. The molecule has 2 fully saturated rings. The predicted molar refractivity (Wildman–Crippen MR) is 126 cm³/mol. The van der Waals surface area contributed by atoms with E-state index in [1.54, 1.807) is 6.08 Å². The molecule has 1 aromatic rings. The number of anilines is 1. The van der Waals surface area contributed by atoms with Crippen LogP contribution in [0.3, 0.4) is 0 Å². The van der Waals surface area contributed by atoms with Crippen LogP contribution in [0.1, 0.15) is 56.8 Å². The van der Waals surface area contributed by atoms with Gasteiger partial charge in [0.15, 0.2) is 17.8 Å². The second-order valence-electron chi connectivity index (χ2n) is 10.5. The van der Waals surface area contributed by atoms with Gasteiger partial charge in [-0.3, -0.25) is 14.4 Å². The predicted octanol–water partition coefficient (Wildman–Crippen LogP) is 3.95. The summed E-state index contributed by atoms with van der Waals surface area (Å²) in [5.74, 6) is -1.21. The Balaban J connectivity index is 1.58. The molecule has 7 nitrogen and oxygen atoms in total. The van der Waals surface area contributed by atoms with E-state index in [0.717, 1.165) is 6.42 Å². The molecule has 1 amide bonds. The van der Waals surface area contributed by atoms with E-state index in [1.807, 2.05) is 19.9 Å². The fourth-order valence-electron chi connectivity index (χ4n) is 6.96. The Kier molecular flexibility index (Phi) is 5.77. The number of phenols is 2. The van der Waals surface area contributed by atoms with Crippen LogP contribution in [0, 0.1) is 28.6 Å². The van der Waals surface area contributed by atoms with Crippen molar-refractivity contribution in [2.45, 2.75) is 56.9 Å². The standard InChI is InChI=1S/C25H30BrNO6/c1-13-19(26)15-10-25(12-24(15,3)33)9-6-17(30)23(2,22(13)25)8-7-18(31)27-20-16(29)5-4-14(11-28)21(20)32/h4-6,9,11,13,15,19,22,29,32-33H,7-8,10,12H2,1-3H3,(H,27,31)/t13?,15?,19-,22?,23-,24?,25?/m1/s1. The van der Waals surface area contributed by atoms with Crippen LogP contribution in [0.5, 0.6) is 11.5 Å². The quantitative estimate of drug-likeness (QED) is 0.265. The molecule has 5 unspecified atom stereocenters. The average molecular weight is 520 g/mol. The number of aromatic hydroxyl groups is 2. The summed E-state index contributed by atoms with van der Waals surface area (Å²) in [5, 5.41) is 33.8. The van der Waals surface area contributed by atoms with Crippen LogP contribution in [0.4, 0.5) is 5.69 Å². The number of benzene rings is 1. The molecule has 178 valence electrons. The van der Waals surface area contributed by atoms with E-state index < -0.39 is 22.7 Å². The highest BCUT2D eigenvalue weighted by Gasteiger charge is 2.67. The number of aliphatic hydroxyl groups is 1. The molecule has 1 spiro atoms. The van der Waals surface area contributed by atoms with Crippen molar-refractivity contribution in [1.82, 2.24) is 0 Å². The molecule has 1 aromatic carbocycles. The first-order valence-electron chi connectivity index (χ1n) is 11.3. The Bertz CT molecular complexity index is 1050. The van der Waals surface area contributed by atoms with Crippen LogP contribution in [0.2, 0.25) is 0 Å². The van der Waals surface area contributed by atoms with Crippen molar-refractivity contribution in [2.24, 2.45) is 28.6 Å². The zero-order valence-electron chi connectivity index (χ0n) is 19.0. The number of halogens is 1. The summed E-state index contributed by atoms with van der Waals surface area (Å²) in [5.41, 5.74) is -2.21. The third kappa shape index (κ3) is 3.62. The summed E-state index contributed by atoms with van der Waals surface area (Å²) in [4.78, 5) is 37.1. The molecule has 2 saturated carbocycles. The van der Waals surface area contributed by atoms with E-state index in [9.17, 15) is 29.7 Å². The maximum atomic E-state index is 13.2. The third-order valence-electron chi connectivity index (χ3n) is 8.38. The van der Waals surface area contributed by atoms with Crippen LogP contribution in [0.25, 0.3) is 0 Å². The van der Waals surface area contributed by atoms with Crippen molar-refractivity contribution in [3.8, 4) is 11.5 Å². The topological polar surface area (TPSA) is 124 Å². The molecule has 0 radical (unpaired) electrons. The van der Waals surface area contributed by atoms with Crippen LogP contribution < -0.4 is 5.32 Å². The lowest BCUT2D eigenvalue weighted by atomic mass is 9.49. The maximum absolute atomic E-state index is 13.2. The number of phenolic OH excluding ortho intramolecular Hbond substituents is 2. The van der Waals surface area contributed by atoms with Crippen molar-refractivity contribution in [2.75, 3.05) is 5.32 Å². The number of carbonyl (C=O) groups excluding carboxylic acids is 3. The van der Waals surface area contributed by atoms with E-state index in [4.69, 9.17) is 0 Å². The zero-order valence-corrected chi connectivity index (χ0v) is 20.6. The van der Waals surface area contributed by atoms with E-state index in [2.05, 4.69) is 28.2 Å². The molecule has 3 aliphatic carbocycles. The van der Waals surface area contributed by atoms with Gasteiger partial charge in [-0.15, -0.1) is 0 Å². The number of fused-ring (bicyclic) bond motifs is 1. The number of nitrogens with one attached hydrogen (secondary N) is 1. The molecule has 3 aliphatic rings. The monoisotopic (exact) mass is 519 g/mol. The first-order valence-corrected chi connectivity index (χ1v) is 12.2. The fraction of sp³-hybridized carbons (Fsp3) is 0.560. The number of rotatable bonds is 5. The highest BCUT2D eigenvalue weighted by molar-refractivity contribution is 9.09. The summed E-state index contributed by atoms with van der Waals surface area (Å²) < 4.78 is 0. The largest absolute Gasteiger partial charge is 0.506 e. The number of hydrogen-bond donors (Lipinski definition) is 4. The van der Waals surface area contributed by atoms with Crippen molar-refractivity contribution < 1.29 is 29.7 Å². The summed E-state index contributed by atoms with van der Waals surface area (Å²) in [6, 6.07) is 2.48. The molecule has 4 N–H and O–H groups in total. The Morgan fingerprint density at radius 3 is 2.67 bits per heavy atom. The van der Waals surface area contributed by atoms with Gasteiger partial charge < -0.3 is 20.6 Å². The van der Waals surface area contributed by atoms with Crippen molar-refractivity contribution >= 4 is 39.6 Å². The van der Waals surface area contributed by atoms with Gasteiger partial charge in [0.2, 0.25) is 5.91 Å². The number of aldehydes is 1. The lowest BCUT2D eigenvalue weighted by Gasteiger charge is -2.55. The Hall–Kier alpha value is -2.19. The van der Waals surface area contributed by atoms with Gasteiger partial charge in [-0.25, -0.2) is 0 Å². The number of amides is 1. The van der Waals surface area contributed by atoms with Crippen LogP contribution in [0.15, 0.2) is 24.3 Å². The van der Waals surface area contributed by atoms with Crippen LogP contribution in [-0.4, -0.2) is 43.7 Å². The molecule has 0 aliphatic heterocycles. The lowest BCUT2D eigenvalue weighted by molar-refractivity contribution is -0.135. The lowest BCUT2D eigenvalue weighted by Crippen LogP contribution is -2.54. The minimum Gasteiger partial charge on any atom is -0.506 e. The highest BCUT2D eigenvalue weighted by atomic mass is 79.9. The number of hydrogen-bond acceptors (Lipinski definition) is 6. The van der Waals surface area contributed by atoms with E-state index in [0.29, 0.717) is 12.7 Å². The van der Waals surface area contributed by atoms with Gasteiger partial charge in [0.1, 0.15) is 11.4 Å². The molecular weight excluding hydrogens is 490 g/mol. The van der Waals surface area contributed by atoms with Crippen LogP contribution >= 0.6 is 15.9 Å². The van der Waals surface area contributed by atoms with E-state index >= 15 is 0 Å². The van der Waals surface area contributed by atoms with Gasteiger partial charge in [0.25, 0.3) is 0 Å². The molecule has 0 aromatic heterocycles. The third-order valence-corrected chi connectivity index (χ3v) is 9.86. The summed E-state index contributed by atoms with van der Waals surface area (Å²) >= 11 is 3.81. The summed E-state index contributed by atoms with van der Waals surface area (Å²) in [6.07, 6.45) is 5.69. The second-order valence-corrected chi connectivity index (χ2v) is 11.6. The molecule has 0 saturated heterocycles. The number of ketones is 1. The van der Waals surface area contributed by atoms with Gasteiger partial charge in [-0.1, -0.05) is 35.9 Å². The van der Waals surface area contributed by atoms with E-state index in [-0.39, 0.29) is 63.6 Å². The molecule has 4 rings (SSSR count). The SMILES string of the molecule is CC1C2C3(C=CC(=O)[C@@]2(C)CCC(=O)Nc2c(O)ccc(C=O)c2O)CC([C@@H]1Br)C(C)(O)C3. The maximum Gasteiger partial charge on any atom is 0.224 e. The van der Waals surface area contributed by atoms with Crippen molar-refractivity contribution in [3.05, 3.63) is 29.8 Å². The van der Waals surface area contributed by atoms with E-state index in [1.165, 1.54) is 12.1 Å². The zero-order chi connectivity index (χ0) is 24.3.